The normalized spacial score (nSPS) is 27.3. The molecule has 1 aromatic carbocycles. The molecule has 2 aliphatic rings. The van der Waals surface area contributed by atoms with Gasteiger partial charge in [-0.05, 0) is 43.9 Å². The molecule has 0 aromatic heterocycles. The van der Waals surface area contributed by atoms with Crippen LogP contribution >= 0.6 is 11.6 Å². The fourth-order valence-corrected chi connectivity index (χ4v) is 3.93. The third-order valence-corrected chi connectivity index (χ3v) is 5.54. The van der Waals surface area contributed by atoms with Crippen LogP contribution in [0.3, 0.4) is 0 Å². The highest BCUT2D eigenvalue weighted by Gasteiger charge is 2.56. The molecule has 1 saturated carbocycles. The number of anilines is 1. The molecule has 2 fully saturated rings. The lowest BCUT2D eigenvalue weighted by molar-refractivity contribution is -0.138. The minimum Gasteiger partial charge on any atom is -0.324 e. The van der Waals surface area contributed by atoms with Crippen molar-refractivity contribution in [2.24, 2.45) is 5.92 Å². The van der Waals surface area contributed by atoms with E-state index in [2.05, 4.69) is 10.6 Å². The van der Waals surface area contributed by atoms with Gasteiger partial charge in [0, 0.05) is 10.7 Å². The maximum Gasteiger partial charge on any atom is 0.325 e. The predicted octanol–water partition coefficient (Wildman–Crippen LogP) is 3.17. The summed E-state index contributed by atoms with van der Waals surface area (Å²) in [7, 11) is 0. The van der Waals surface area contributed by atoms with Gasteiger partial charge in [0.25, 0.3) is 5.91 Å². The van der Waals surface area contributed by atoms with Crippen molar-refractivity contribution in [3.63, 3.8) is 0 Å². The number of hydrogen-bond acceptors (Lipinski definition) is 3. The number of nitrogens with one attached hydrogen (secondary N) is 2. The zero-order valence-corrected chi connectivity index (χ0v) is 15.1. The van der Waals surface area contributed by atoms with Crippen molar-refractivity contribution >= 4 is 35.1 Å². The van der Waals surface area contributed by atoms with Crippen molar-refractivity contribution < 1.29 is 14.4 Å². The monoisotopic (exact) mass is 363 g/mol. The molecule has 1 aromatic rings. The fraction of sp³-hybridized carbons (Fsp3) is 0.500. The zero-order chi connectivity index (χ0) is 18.2. The summed E-state index contributed by atoms with van der Waals surface area (Å²) in [5, 5.41) is 6.07. The highest BCUT2D eigenvalue weighted by atomic mass is 35.5. The van der Waals surface area contributed by atoms with E-state index in [4.69, 9.17) is 11.6 Å². The van der Waals surface area contributed by atoms with E-state index in [1.165, 1.54) is 0 Å². The van der Waals surface area contributed by atoms with Gasteiger partial charge in [-0.3, -0.25) is 9.59 Å². The molecule has 0 radical (unpaired) electrons. The second kappa shape index (κ2) is 6.67. The van der Waals surface area contributed by atoms with Crippen molar-refractivity contribution in [3.8, 4) is 0 Å². The Morgan fingerprint density at radius 1 is 1.40 bits per heavy atom. The molecule has 1 heterocycles. The molecule has 3 atom stereocenters. The van der Waals surface area contributed by atoms with E-state index in [-0.39, 0.29) is 11.8 Å². The molecule has 1 aliphatic heterocycles. The molecular formula is C18H22ClN3O3. The first kappa shape index (κ1) is 17.7. The van der Waals surface area contributed by atoms with Crippen LogP contribution in [0.25, 0.3) is 0 Å². The van der Waals surface area contributed by atoms with Crippen LogP contribution in [-0.2, 0) is 9.59 Å². The lowest BCUT2D eigenvalue weighted by atomic mass is 9.73. The van der Waals surface area contributed by atoms with Crippen molar-refractivity contribution in [3.05, 3.63) is 29.3 Å². The maximum atomic E-state index is 13.0. The third kappa shape index (κ3) is 3.11. The molecular weight excluding hydrogens is 342 g/mol. The Kier molecular flexibility index (Phi) is 4.73. The summed E-state index contributed by atoms with van der Waals surface area (Å²) in [4.78, 5) is 39.0. The van der Waals surface area contributed by atoms with Gasteiger partial charge in [-0.15, -0.1) is 0 Å². The van der Waals surface area contributed by atoms with Crippen molar-refractivity contribution in [2.45, 2.75) is 51.1 Å². The van der Waals surface area contributed by atoms with E-state index in [1.807, 2.05) is 6.92 Å². The van der Waals surface area contributed by atoms with E-state index in [0.29, 0.717) is 17.1 Å². The fourth-order valence-electron chi connectivity index (χ4n) is 3.74. The van der Waals surface area contributed by atoms with Crippen molar-refractivity contribution in [1.82, 2.24) is 10.2 Å². The summed E-state index contributed by atoms with van der Waals surface area (Å²) in [6.07, 6.45) is 3.46. The molecule has 0 unspecified atom stereocenters. The lowest BCUT2D eigenvalue weighted by Crippen LogP contribution is -2.54. The Hall–Kier alpha value is -2.08. The SMILES string of the molecule is C[C@@H](C(=O)Nc1cccc(Cl)c1)N1C(=O)N[C@]2(CCCC[C@@H]2C)C1=O. The Bertz CT molecular complexity index is 723. The summed E-state index contributed by atoms with van der Waals surface area (Å²) >= 11 is 5.91. The largest absolute Gasteiger partial charge is 0.325 e. The Morgan fingerprint density at radius 3 is 2.84 bits per heavy atom. The standard InChI is InChI=1S/C18H22ClN3O3/c1-11-6-3-4-9-18(11)16(24)22(17(25)21-18)12(2)15(23)20-14-8-5-7-13(19)10-14/h5,7-8,10-12H,3-4,6,9H2,1-2H3,(H,20,23)(H,21,25)/t11-,12-,18-/m0/s1. The average Bonchev–Trinajstić information content (AvgIpc) is 2.81. The number of hydrogen-bond donors (Lipinski definition) is 2. The van der Waals surface area contributed by atoms with Gasteiger partial charge in [0.2, 0.25) is 5.91 Å². The maximum absolute atomic E-state index is 13.0. The predicted molar refractivity (Wildman–Crippen MR) is 95.3 cm³/mol. The first-order valence-electron chi connectivity index (χ1n) is 8.57. The molecule has 0 bridgehead atoms. The number of amides is 4. The minimum absolute atomic E-state index is 0.0610. The number of imide groups is 1. The Morgan fingerprint density at radius 2 is 2.16 bits per heavy atom. The van der Waals surface area contributed by atoms with Crippen LogP contribution in [0.2, 0.25) is 5.02 Å². The van der Waals surface area contributed by atoms with Crippen LogP contribution in [0.4, 0.5) is 10.5 Å². The quantitative estimate of drug-likeness (QED) is 0.809. The number of benzene rings is 1. The van der Waals surface area contributed by atoms with Crippen LogP contribution < -0.4 is 10.6 Å². The first-order valence-corrected chi connectivity index (χ1v) is 8.95. The van der Waals surface area contributed by atoms with Gasteiger partial charge in [0.1, 0.15) is 11.6 Å². The van der Waals surface area contributed by atoms with Gasteiger partial charge in [-0.25, -0.2) is 9.69 Å². The number of carbonyl (C=O) groups excluding carboxylic acids is 3. The highest BCUT2D eigenvalue weighted by Crippen LogP contribution is 2.38. The topological polar surface area (TPSA) is 78.5 Å². The number of nitrogens with zero attached hydrogens (tertiary/aromatic N) is 1. The Labute approximate surface area is 151 Å². The van der Waals surface area contributed by atoms with Crippen molar-refractivity contribution in [1.29, 1.82) is 0 Å². The highest BCUT2D eigenvalue weighted by molar-refractivity contribution is 6.30. The first-order chi connectivity index (χ1) is 11.8. The van der Waals surface area contributed by atoms with Crippen LogP contribution in [0.15, 0.2) is 24.3 Å². The van der Waals surface area contributed by atoms with Gasteiger partial charge < -0.3 is 10.6 Å². The van der Waals surface area contributed by atoms with E-state index < -0.39 is 23.5 Å². The second-order valence-corrected chi connectivity index (χ2v) is 7.34. The van der Waals surface area contributed by atoms with E-state index >= 15 is 0 Å². The molecule has 1 aliphatic carbocycles. The molecule has 2 N–H and O–H groups in total. The third-order valence-electron chi connectivity index (χ3n) is 5.31. The number of urea groups is 1. The molecule has 25 heavy (non-hydrogen) atoms. The van der Waals surface area contributed by atoms with E-state index in [0.717, 1.165) is 24.2 Å². The summed E-state index contributed by atoms with van der Waals surface area (Å²) in [6, 6.07) is 5.34. The molecule has 3 rings (SSSR count). The molecule has 134 valence electrons. The van der Waals surface area contributed by atoms with Crippen LogP contribution in [-0.4, -0.2) is 34.3 Å². The minimum atomic E-state index is -0.903. The van der Waals surface area contributed by atoms with E-state index in [9.17, 15) is 14.4 Å². The molecule has 1 saturated heterocycles. The summed E-state index contributed by atoms with van der Waals surface area (Å²) in [6.45, 7) is 3.54. The van der Waals surface area contributed by atoms with Gasteiger partial charge in [0.05, 0.1) is 0 Å². The van der Waals surface area contributed by atoms with Gasteiger partial charge in [-0.2, -0.15) is 0 Å². The van der Waals surface area contributed by atoms with Crippen LogP contribution in [0.5, 0.6) is 0 Å². The number of carbonyl (C=O) groups is 3. The van der Waals surface area contributed by atoms with E-state index in [1.54, 1.807) is 31.2 Å². The van der Waals surface area contributed by atoms with Gasteiger partial charge >= 0.3 is 6.03 Å². The second-order valence-electron chi connectivity index (χ2n) is 6.90. The average molecular weight is 364 g/mol. The summed E-state index contributed by atoms with van der Waals surface area (Å²) in [5.74, 6) is -0.657. The van der Waals surface area contributed by atoms with Gasteiger partial charge in [-0.1, -0.05) is 37.4 Å². The van der Waals surface area contributed by atoms with Crippen LogP contribution in [0.1, 0.15) is 39.5 Å². The van der Waals surface area contributed by atoms with Crippen LogP contribution in [0, 0.1) is 5.92 Å². The Balaban J connectivity index is 1.77. The van der Waals surface area contributed by atoms with Gasteiger partial charge in [0.15, 0.2) is 0 Å². The molecule has 1 spiro atoms. The number of halogens is 1. The summed E-state index contributed by atoms with van der Waals surface area (Å²) in [5.41, 5.74) is -0.336. The summed E-state index contributed by atoms with van der Waals surface area (Å²) < 4.78 is 0. The zero-order valence-electron chi connectivity index (χ0n) is 14.3. The van der Waals surface area contributed by atoms with Crippen molar-refractivity contribution in [2.75, 3.05) is 5.32 Å². The number of rotatable bonds is 3. The smallest absolute Gasteiger partial charge is 0.324 e. The molecule has 7 heteroatoms. The molecule has 6 nitrogen and oxygen atoms in total. The molecule has 4 amide bonds. The lowest BCUT2D eigenvalue weighted by Gasteiger charge is -2.37.